The molecular formula is C10H16FN3O3. The van der Waals surface area contributed by atoms with E-state index in [2.05, 4.69) is 16.4 Å². The molecule has 0 amide bonds. The minimum Gasteiger partial charge on any atom is -0.477 e. The average molecular weight is 245 g/mol. The molecule has 1 aliphatic rings. The zero-order valence-electron chi connectivity index (χ0n) is 9.60. The number of aliphatic carboxylic acids is 1. The number of carbonyl (C=O) groups is 1. The standard InChI is InChI=1S/C10H16FN3O3/c1-2-14-6-7(3-4-8(14)5-12)13-17-9(11)10(15)16/h7-9,13H,2-4,6H2,1H3,(H,15,16). The van der Waals surface area contributed by atoms with Crippen LogP contribution in [0.2, 0.25) is 0 Å². The number of hydroxylamine groups is 1. The fourth-order valence-corrected chi connectivity index (χ4v) is 1.84. The van der Waals surface area contributed by atoms with E-state index in [9.17, 15) is 9.18 Å². The van der Waals surface area contributed by atoms with Gasteiger partial charge in [0, 0.05) is 12.6 Å². The van der Waals surface area contributed by atoms with Crippen molar-refractivity contribution in [1.29, 1.82) is 5.26 Å². The predicted molar refractivity (Wildman–Crippen MR) is 56.4 cm³/mol. The maximum absolute atomic E-state index is 12.7. The van der Waals surface area contributed by atoms with Crippen molar-refractivity contribution in [2.75, 3.05) is 13.1 Å². The van der Waals surface area contributed by atoms with Gasteiger partial charge in [-0.3, -0.25) is 9.74 Å². The lowest BCUT2D eigenvalue weighted by atomic mass is 10.00. The van der Waals surface area contributed by atoms with Gasteiger partial charge in [0.2, 0.25) is 0 Å². The van der Waals surface area contributed by atoms with Crippen LogP contribution in [0.5, 0.6) is 0 Å². The van der Waals surface area contributed by atoms with Gasteiger partial charge >= 0.3 is 12.3 Å². The number of nitrogens with zero attached hydrogens (tertiary/aromatic N) is 2. The van der Waals surface area contributed by atoms with Gasteiger partial charge < -0.3 is 5.11 Å². The van der Waals surface area contributed by atoms with E-state index in [0.717, 1.165) is 0 Å². The molecule has 0 aromatic rings. The smallest absolute Gasteiger partial charge is 0.367 e. The Morgan fingerprint density at radius 2 is 2.47 bits per heavy atom. The number of likely N-dealkylation sites (tertiary alicyclic amines) is 1. The van der Waals surface area contributed by atoms with E-state index in [4.69, 9.17) is 10.4 Å². The van der Waals surface area contributed by atoms with Gasteiger partial charge in [0.05, 0.1) is 12.1 Å². The van der Waals surface area contributed by atoms with Crippen LogP contribution < -0.4 is 5.48 Å². The van der Waals surface area contributed by atoms with Crippen molar-refractivity contribution >= 4 is 5.97 Å². The molecule has 1 heterocycles. The molecule has 1 rings (SSSR count). The Morgan fingerprint density at radius 1 is 1.76 bits per heavy atom. The Kier molecular flexibility index (Phi) is 5.28. The molecule has 0 bridgehead atoms. The number of nitrogens with one attached hydrogen (secondary N) is 1. The third-order valence-electron chi connectivity index (χ3n) is 2.77. The summed E-state index contributed by atoms with van der Waals surface area (Å²) in [6.45, 7) is 3.19. The van der Waals surface area contributed by atoms with Crippen LogP contribution in [0.1, 0.15) is 19.8 Å². The van der Waals surface area contributed by atoms with Crippen LogP contribution in [-0.4, -0.2) is 47.5 Å². The van der Waals surface area contributed by atoms with E-state index >= 15 is 0 Å². The lowest BCUT2D eigenvalue weighted by Gasteiger charge is -2.35. The van der Waals surface area contributed by atoms with Gasteiger partial charge in [-0.2, -0.15) is 10.7 Å². The van der Waals surface area contributed by atoms with Gasteiger partial charge in [0.15, 0.2) is 0 Å². The van der Waals surface area contributed by atoms with Crippen molar-refractivity contribution in [1.82, 2.24) is 10.4 Å². The fraction of sp³-hybridized carbons (Fsp3) is 0.800. The third kappa shape index (κ3) is 3.93. The molecule has 1 saturated heterocycles. The number of likely N-dealkylation sites (N-methyl/N-ethyl adjacent to an activating group) is 1. The first kappa shape index (κ1) is 13.8. The summed E-state index contributed by atoms with van der Waals surface area (Å²) in [5.74, 6) is -1.66. The van der Waals surface area contributed by atoms with E-state index in [-0.39, 0.29) is 12.1 Å². The number of piperidine rings is 1. The van der Waals surface area contributed by atoms with Gasteiger partial charge in [0.1, 0.15) is 0 Å². The third-order valence-corrected chi connectivity index (χ3v) is 2.77. The normalized spacial score (nSPS) is 27.4. The Labute approximate surface area is 98.9 Å². The van der Waals surface area contributed by atoms with Crippen LogP contribution in [0.15, 0.2) is 0 Å². The molecule has 3 unspecified atom stereocenters. The van der Waals surface area contributed by atoms with Crippen LogP contribution >= 0.6 is 0 Å². The highest BCUT2D eigenvalue weighted by atomic mass is 19.1. The predicted octanol–water partition coefficient (Wildman–Crippen LogP) is 0.264. The number of carboxylic acid groups (broad SMARTS) is 1. The van der Waals surface area contributed by atoms with Crippen molar-refractivity contribution < 1.29 is 19.1 Å². The second-order valence-corrected chi connectivity index (χ2v) is 3.90. The second-order valence-electron chi connectivity index (χ2n) is 3.90. The summed E-state index contributed by atoms with van der Waals surface area (Å²) in [7, 11) is 0. The summed E-state index contributed by atoms with van der Waals surface area (Å²) in [6, 6.07) is 1.92. The van der Waals surface area contributed by atoms with Crippen molar-refractivity contribution in [3.63, 3.8) is 0 Å². The molecule has 17 heavy (non-hydrogen) atoms. The lowest BCUT2D eigenvalue weighted by Crippen LogP contribution is -2.50. The zero-order chi connectivity index (χ0) is 12.8. The van der Waals surface area contributed by atoms with Gasteiger partial charge in [0.25, 0.3) is 0 Å². The molecule has 1 aliphatic heterocycles. The van der Waals surface area contributed by atoms with E-state index < -0.39 is 12.3 Å². The largest absolute Gasteiger partial charge is 0.477 e. The highest BCUT2D eigenvalue weighted by molar-refractivity contribution is 5.70. The maximum atomic E-state index is 12.7. The molecule has 0 spiro atoms. The molecule has 0 saturated carbocycles. The highest BCUT2D eigenvalue weighted by Gasteiger charge is 2.28. The molecule has 0 aromatic carbocycles. The maximum Gasteiger partial charge on any atom is 0.367 e. The van der Waals surface area contributed by atoms with Crippen molar-refractivity contribution in [3.05, 3.63) is 0 Å². The first-order valence-electron chi connectivity index (χ1n) is 5.50. The summed E-state index contributed by atoms with van der Waals surface area (Å²) in [6.07, 6.45) is -1.05. The van der Waals surface area contributed by atoms with Crippen LogP contribution in [0, 0.1) is 11.3 Å². The molecular weight excluding hydrogens is 229 g/mol. The van der Waals surface area contributed by atoms with Gasteiger partial charge in [-0.15, -0.1) is 0 Å². The number of hydrogen-bond acceptors (Lipinski definition) is 5. The van der Waals surface area contributed by atoms with E-state index in [1.165, 1.54) is 0 Å². The topological polar surface area (TPSA) is 85.6 Å². The van der Waals surface area contributed by atoms with Crippen molar-refractivity contribution in [2.24, 2.45) is 0 Å². The minimum atomic E-state index is -2.36. The molecule has 7 heteroatoms. The van der Waals surface area contributed by atoms with E-state index in [1.54, 1.807) is 0 Å². The van der Waals surface area contributed by atoms with E-state index in [0.29, 0.717) is 25.9 Å². The molecule has 2 N–H and O–H groups in total. The Balaban J connectivity index is 2.37. The molecule has 0 aliphatic carbocycles. The first-order chi connectivity index (χ1) is 8.08. The number of halogens is 1. The van der Waals surface area contributed by atoms with Crippen LogP contribution in [-0.2, 0) is 9.63 Å². The SMILES string of the molecule is CCN1CC(NOC(F)C(=O)O)CCC1C#N. The number of rotatable bonds is 5. The second kappa shape index (κ2) is 6.49. The quantitative estimate of drug-likeness (QED) is 0.676. The summed E-state index contributed by atoms with van der Waals surface area (Å²) in [5, 5.41) is 17.2. The fourth-order valence-electron chi connectivity index (χ4n) is 1.84. The van der Waals surface area contributed by atoms with Crippen LogP contribution in [0.3, 0.4) is 0 Å². The summed E-state index contributed by atoms with van der Waals surface area (Å²) >= 11 is 0. The van der Waals surface area contributed by atoms with Gasteiger partial charge in [-0.1, -0.05) is 6.92 Å². The Morgan fingerprint density at radius 3 is 3.00 bits per heavy atom. The summed E-state index contributed by atoms with van der Waals surface area (Å²) in [5.41, 5.74) is 2.40. The molecule has 96 valence electrons. The number of carboxylic acids is 1. The van der Waals surface area contributed by atoms with Gasteiger partial charge in [-0.25, -0.2) is 9.18 Å². The lowest BCUT2D eigenvalue weighted by molar-refractivity contribution is -0.177. The van der Waals surface area contributed by atoms with E-state index in [1.807, 2.05) is 11.8 Å². The monoisotopic (exact) mass is 245 g/mol. The van der Waals surface area contributed by atoms with Crippen molar-refractivity contribution in [2.45, 2.75) is 38.2 Å². The Hall–Kier alpha value is -1.23. The first-order valence-corrected chi connectivity index (χ1v) is 5.50. The van der Waals surface area contributed by atoms with Crippen molar-refractivity contribution in [3.8, 4) is 6.07 Å². The zero-order valence-corrected chi connectivity index (χ0v) is 9.60. The molecule has 6 nitrogen and oxygen atoms in total. The molecule has 3 atom stereocenters. The summed E-state index contributed by atoms with van der Waals surface area (Å²) < 4.78 is 12.7. The number of alkyl halides is 1. The van der Waals surface area contributed by atoms with Gasteiger partial charge in [-0.05, 0) is 19.4 Å². The minimum absolute atomic E-state index is 0.126. The molecule has 1 fully saturated rings. The average Bonchev–Trinajstić information content (AvgIpc) is 2.35. The highest BCUT2D eigenvalue weighted by Crippen LogP contribution is 2.16. The molecule has 0 aromatic heterocycles. The molecule has 0 radical (unpaired) electrons. The Bertz CT molecular complexity index is 308. The van der Waals surface area contributed by atoms with Crippen LogP contribution in [0.25, 0.3) is 0 Å². The number of nitriles is 1. The summed E-state index contributed by atoms with van der Waals surface area (Å²) in [4.78, 5) is 16.5. The van der Waals surface area contributed by atoms with Crippen LogP contribution in [0.4, 0.5) is 4.39 Å². The number of hydrogen-bond donors (Lipinski definition) is 2.